The fraction of sp³-hybridized carbons (Fsp3) is 0.250. The first-order valence-electron chi connectivity index (χ1n) is 7.38. The highest BCUT2D eigenvalue weighted by atomic mass is 32.2. The number of hydrogen-bond donors (Lipinski definition) is 1. The molecule has 2 heterocycles. The van der Waals surface area contributed by atoms with Gasteiger partial charge < -0.3 is 14.0 Å². The number of alkyl halides is 3. The summed E-state index contributed by atoms with van der Waals surface area (Å²) in [6.07, 6.45) is -3.17. The van der Waals surface area contributed by atoms with E-state index in [9.17, 15) is 17.7 Å². The number of H-pyrrole nitrogens is 1. The van der Waals surface area contributed by atoms with Gasteiger partial charge in [0.2, 0.25) is 0 Å². The van der Waals surface area contributed by atoms with Crippen LogP contribution in [0.3, 0.4) is 0 Å². The van der Waals surface area contributed by atoms with Crippen molar-refractivity contribution in [2.45, 2.75) is 24.2 Å². The number of nitrogens with one attached hydrogen (secondary N) is 1. The van der Waals surface area contributed by atoms with Gasteiger partial charge in [-0.2, -0.15) is 4.98 Å². The number of aromatic amines is 1. The normalized spacial score (nSPS) is 13.0. The second-order valence-corrected chi connectivity index (χ2v) is 6.77. The number of halogens is 3. The second-order valence-electron chi connectivity index (χ2n) is 5.40. The predicted molar refractivity (Wildman–Crippen MR) is 88.4 cm³/mol. The van der Waals surface area contributed by atoms with E-state index in [1.54, 1.807) is 12.3 Å². The Morgan fingerprint density at radius 3 is 2.73 bits per heavy atom. The van der Waals surface area contributed by atoms with Gasteiger partial charge in [-0.25, -0.2) is 0 Å². The number of imidazole rings is 1. The molecule has 6 nitrogen and oxygen atoms in total. The molecule has 0 saturated carbocycles. The average molecular weight is 385 g/mol. The molecule has 0 amide bonds. The molecule has 1 atom stereocenters. The molecule has 1 N–H and O–H groups in total. The molecule has 10 heteroatoms. The number of pyridine rings is 1. The van der Waals surface area contributed by atoms with E-state index in [1.807, 2.05) is 6.92 Å². The van der Waals surface area contributed by atoms with Crippen molar-refractivity contribution in [3.8, 4) is 11.5 Å². The van der Waals surface area contributed by atoms with Crippen LogP contribution in [0, 0.1) is 6.92 Å². The summed E-state index contributed by atoms with van der Waals surface area (Å²) in [7, 11) is 1.53. The van der Waals surface area contributed by atoms with Crippen LogP contribution < -0.4 is 9.47 Å². The lowest BCUT2D eigenvalue weighted by molar-refractivity contribution is -0.274. The monoisotopic (exact) mass is 385 g/mol. The number of rotatable bonds is 5. The van der Waals surface area contributed by atoms with Crippen LogP contribution >= 0.6 is 0 Å². The summed E-state index contributed by atoms with van der Waals surface area (Å²) in [5, 5.41) is 0.144. The van der Waals surface area contributed by atoms with Crippen LogP contribution in [0.2, 0.25) is 0 Å². The topological polar surface area (TPSA) is 83.1 Å². The molecule has 0 bridgehead atoms. The zero-order chi connectivity index (χ0) is 18.9. The van der Waals surface area contributed by atoms with Gasteiger partial charge in [0.1, 0.15) is 11.5 Å². The highest BCUT2D eigenvalue weighted by molar-refractivity contribution is 7.90. The van der Waals surface area contributed by atoms with Gasteiger partial charge in [0.25, 0.3) is 0 Å². The molecule has 0 radical (unpaired) electrons. The lowest BCUT2D eigenvalue weighted by Gasteiger charge is -2.09. The van der Waals surface area contributed by atoms with E-state index in [4.69, 9.17) is 4.74 Å². The smallest absolute Gasteiger partial charge is 0.573 e. The molecule has 3 rings (SSSR count). The average Bonchev–Trinajstić information content (AvgIpc) is 2.98. The summed E-state index contributed by atoms with van der Waals surface area (Å²) in [6, 6.07) is 5.36. The van der Waals surface area contributed by atoms with E-state index < -0.39 is 23.3 Å². The molecule has 0 fully saturated rings. The fourth-order valence-electron chi connectivity index (χ4n) is 2.31. The number of ether oxygens (including phenoxy) is 2. The van der Waals surface area contributed by atoms with Crippen molar-refractivity contribution in [3.63, 3.8) is 0 Å². The molecule has 0 aliphatic carbocycles. The minimum atomic E-state index is -4.79. The summed E-state index contributed by atoms with van der Waals surface area (Å²) in [6.45, 7) is 1.84. The van der Waals surface area contributed by atoms with Crippen molar-refractivity contribution in [2.75, 3.05) is 7.11 Å². The van der Waals surface area contributed by atoms with Crippen LogP contribution in [0.25, 0.3) is 11.0 Å². The number of nitrogens with zero attached hydrogens (tertiary/aromatic N) is 2. The van der Waals surface area contributed by atoms with Gasteiger partial charge in [-0.05, 0) is 19.1 Å². The minimum Gasteiger partial charge on any atom is -0.609 e. The molecule has 1 unspecified atom stereocenters. The number of aromatic nitrogens is 3. The predicted octanol–water partition coefficient (Wildman–Crippen LogP) is 3.48. The standard InChI is InChI=1S/C16H14F3N3O3S/c1-9-7-20-10(5-14(9)24-2)8-26(23)15-21-12-4-3-11(6-13(12)22-15)25-16(17,18)19/h3-7H,8H2,1-2H3,(H,21,22). The van der Waals surface area contributed by atoms with E-state index in [-0.39, 0.29) is 16.4 Å². The zero-order valence-electron chi connectivity index (χ0n) is 13.8. The maximum Gasteiger partial charge on any atom is 0.573 e. The van der Waals surface area contributed by atoms with Gasteiger partial charge in [-0.15, -0.1) is 13.2 Å². The Morgan fingerprint density at radius 1 is 1.27 bits per heavy atom. The molecule has 1 aromatic carbocycles. The molecule has 26 heavy (non-hydrogen) atoms. The van der Waals surface area contributed by atoms with Crippen LogP contribution in [-0.4, -0.2) is 33.0 Å². The van der Waals surface area contributed by atoms with Crippen LogP contribution in [0.15, 0.2) is 35.6 Å². The van der Waals surface area contributed by atoms with Crippen molar-refractivity contribution in [1.29, 1.82) is 0 Å². The van der Waals surface area contributed by atoms with E-state index >= 15 is 0 Å². The lowest BCUT2D eigenvalue weighted by Crippen LogP contribution is -2.16. The van der Waals surface area contributed by atoms with E-state index in [1.165, 1.54) is 13.2 Å². The summed E-state index contributed by atoms with van der Waals surface area (Å²) in [5.41, 5.74) is 2.08. The summed E-state index contributed by atoms with van der Waals surface area (Å²) in [4.78, 5) is 11.1. The number of aryl methyl sites for hydroxylation is 1. The van der Waals surface area contributed by atoms with Gasteiger partial charge in [0.15, 0.2) is 5.75 Å². The molecular formula is C16H14F3N3O3S. The summed E-state index contributed by atoms with van der Waals surface area (Å²) in [5.74, 6) is 0.326. The number of hydrogen-bond acceptors (Lipinski definition) is 5. The van der Waals surface area contributed by atoms with Crippen molar-refractivity contribution < 1.29 is 27.2 Å². The molecule has 2 aromatic heterocycles. The highest BCUT2D eigenvalue weighted by Crippen LogP contribution is 2.27. The Balaban J connectivity index is 1.81. The summed E-state index contributed by atoms with van der Waals surface area (Å²) < 4.78 is 58.4. The van der Waals surface area contributed by atoms with Crippen LogP contribution in [0.1, 0.15) is 11.3 Å². The highest BCUT2D eigenvalue weighted by Gasteiger charge is 2.31. The maximum absolute atomic E-state index is 12.5. The minimum absolute atomic E-state index is 0.0857. The maximum atomic E-state index is 12.5. The first-order chi connectivity index (χ1) is 12.2. The first-order valence-corrected chi connectivity index (χ1v) is 8.70. The van der Waals surface area contributed by atoms with Crippen LogP contribution in [-0.2, 0) is 16.9 Å². The van der Waals surface area contributed by atoms with E-state index in [0.29, 0.717) is 17.0 Å². The van der Waals surface area contributed by atoms with Gasteiger partial charge in [-0.1, -0.05) is 0 Å². The summed E-state index contributed by atoms with van der Waals surface area (Å²) >= 11 is -1.56. The van der Waals surface area contributed by atoms with Crippen molar-refractivity contribution in [2.24, 2.45) is 0 Å². The van der Waals surface area contributed by atoms with Crippen LogP contribution in [0.5, 0.6) is 11.5 Å². The van der Waals surface area contributed by atoms with Crippen molar-refractivity contribution in [1.82, 2.24) is 15.0 Å². The molecule has 3 aromatic rings. The third-order valence-corrected chi connectivity index (χ3v) is 4.67. The SMILES string of the molecule is COc1cc(C[S+]([O-])c2nc3cc(OC(F)(F)F)ccc3[nH]2)ncc1C. The van der Waals surface area contributed by atoms with Crippen molar-refractivity contribution in [3.05, 3.63) is 41.7 Å². The largest absolute Gasteiger partial charge is 0.609 e. The Kier molecular flexibility index (Phi) is 4.97. The second kappa shape index (κ2) is 7.04. The lowest BCUT2D eigenvalue weighted by atomic mass is 10.2. The van der Waals surface area contributed by atoms with Crippen molar-refractivity contribution >= 4 is 22.2 Å². The quantitative estimate of drug-likeness (QED) is 0.680. The van der Waals surface area contributed by atoms with Gasteiger partial charge >= 0.3 is 11.5 Å². The molecule has 0 saturated heterocycles. The third-order valence-electron chi connectivity index (χ3n) is 3.49. The Hall–Kier alpha value is -2.46. The van der Waals surface area contributed by atoms with Gasteiger partial charge in [0.05, 0.1) is 23.8 Å². The Bertz CT molecular complexity index is 930. The first kappa shape index (κ1) is 18.3. The van der Waals surface area contributed by atoms with Gasteiger partial charge in [-0.3, -0.25) is 9.97 Å². The number of methoxy groups -OCH3 is 1. The zero-order valence-corrected chi connectivity index (χ0v) is 14.6. The molecule has 0 aliphatic rings. The number of benzene rings is 1. The third kappa shape index (κ3) is 4.20. The number of fused-ring (bicyclic) bond motifs is 1. The fourth-order valence-corrected chi connectivity index (χ4v) is 3.30. The molecule has 0 spiro atoms. The van der Waals surface area contributed by atoms with Gasteiger partial charge in [0, 0.05) is 35.1 Å². The van der Waals surface area contributed by atoms with E-state index in [0.717, 1.165) is 17.7 Å². The Labute approximate surface area is 149 Å². The molecule has 0 aliphatic heterocycles. The van der Waals surface area contributed by atoms with E-state index in [2.05, 4.69) is 19.7 Å². The Morgan fingerprint density at radius 2 is 2.04 bits per heavy atom. The molecule has 138 valence electrons. The molecular weight excluding hydrogens is 371 g/mol. The van der Waals surface area contributed by atoms with Crippen LogP contribution in [0.4, 0.5) is 13.2 Å².